The summed E-state index contributed by atoms with van der Waals surface area (Å²) < 4.78 is 22.2. The van der Waals surface area contributed by atoms with Gasteiger partial charge in [0.25, 0.3) is 0 Å². The first-order valence-electron chi connectivity index (χ1n) is 12.2. The molecule has 37 heavy (non-hydrogen) atoms. The number of carboxylic acid groups (broad SMARTS) is 1. The van der Waals surface area contributed by atoms with Crippen molar-refractivity contribution >= 4 is 35.3 Å². The minimum atomic E-state index is -0.994. The van der Waals surface area contributed by atoms with Crippen LogP contribution in [0.2, 0.25) is 10.0 Å². The molecule has 2 aromatic carbocycles. The van der Waals surface area contributed by atoms with Crippen LogP contribution < -0.4 is 4.74 Å². The number of benzene rings is 2. The number of carbonyl (C=O) groups excluding carboxylic acids is 1. The van der Waals surface area contributed by atoms with Crippen molar-refractivity contribution < 1.29 is 33.6 Å². The molecular formula is C27H35Cl2NO7. The van der Waals surface area contributed by atoms with E-state index in [4.69, 9.17) is 42.1 Å². The molecule has 10 heteroatoms. The van der Waals surface area contributed by atoms with E-state index in [0.29, 0.717) is 55.3 Å². The maximum absolute atomic E-state index is 12.6. The van der Waals surface area contributed by atoms with Gasteiger partial charge < -0.3 is 29.0 Å². The van der Waals surface area contributed by atoms with Gasteiger partial charge in [0.1, 0.15) is 12.4 Å². The highest BCUT2D eigenvalue weighted by Gasteiger charge is 2.18. The summed E-state index contributed by atoms with van der Waals surface area (Å²) in [6, 6.07) is 12.3. The lowest BCUT2D eigenvalue weighted by molar-refractivity contribution is -0.149. The summed E-state index contributed by atoms with van der Waals surface area (Å²) >= 11 is 12.1. The number of rotatable bonds is 16. The Morgan fingerprint density at radius 1 is 0.973 bits per heavy atom. The lowest BCUT2D eigenvalue weighted by Crippen LogP contribution is -2.38. The Morgan fingerprint density at radius 3 is 2.22 bits per heavy atom. The van der Waals surface area contributed by atoms with Crippen LogP contribution in [0.1, 0.15) is 31.9 Å². The number of hydrogen-bond donors (Lipinski definition) is 1. The van der Waals surface area contributed by atoms with Gasteiger partial charge >= 0.3 is 12.1 Å². The third-order valence-electron chi connectivity index (χ3n) is 5.11. The number of nitrogens with zero attached hydrogens (tertiary/aromatic N) is 1. The lowest BCUT2D eigenvalue weighted by Gasteiger charge is -2.23. The topological polar surface area (TPSA) is 94.5 Å². The molecule has 2 rings (SSSR count). The number of hydrogen-bond acceptors (Lipinski definition) is 6. The summed E-state index contributed by atoms with van der Waals surface area (Å²) in [5.41, 5.74) is 1.67. The number of amides is 1. The van der Waals surface area contributed by atoms with Crippen molar-refractivity contribution in [2.24, 2.45) is 5.92 Å². The first kappa shape index (κ1) is 30.7. The summed E-state index contributed by atoms with van der Waals surface area (Å²) in [7, 11) is 0. The molecule has 2 aromatic rings. The van der Waals surface area contributed by atoms with Crippen LogP contribution in [-0.2, 0) is 32.0 Å². The quantitative estimate of drug-likeness (QED) is 0.265. The molecule has 1 N–H and O–H groups in total. The molecule has 0 heterocycles. The minimum Gasteiger partial charge on any atom is -0.492 e. The molecule has 0 aliphatic heterocycles. The van der Waals surface area contributed by atoms with Gasteiger partial charge in [-0.05, 0) is 54.3 Å². The van der Waals surface area contributed by atoms with Crippen LogP contribution in [0.15, 0.2) is 42.5 Å². The first-order chi connectivity index (χ1) is 17.7. The highest BCUT2D eigenvalue weighted by atomic mass is 35.5. The largest absolute Gasteiger partial charge is 0.492 e. The summed E-state index contributed by atoms with van der Waals surface area (Å²) in [5.74, 6) is -0.170. The Kier molecular flexibility index (Phi) is 13.6. The number of ether oxygens (including phenoxy) is 4. The van der Waals surface area contributed by atoms with Gasteiger partial charge in [-0.3, -0.25) is 0 Å². The van der Waals surface area contributed by atoms with Crippen molar-refractivity contribution in [2.45, 2.75) is 39.9 Å². The summed E-state index contributed by atoms with van der Waals surface area (Å²) in [5, 5.41) is 10.3. The van der Waals surface area contributed by atoms with Crippen LogP contribution in [0, 0.1) is 5.92 Å². The van der Waals surface area contributed by atoms with Crippen LogP contribution >= 0.6 is 23.2 Å². The molecule has 1 atom stereocenters. The van der Waals surface area contributed by atoms with Crippen molar-refractivity contribution in [1.29, 1.82) is 0 Å². The predicted molar refractivity (Wildman–Crippen MR) is 143 cm³/mol. The second kappa shape index (κ2) is 16.3. The van der Waals surface area contributed by atoms with Crippen molar-refractivity contribution in [3.63, 3.8) is 0 Å². The molecule has 1 unspecified atom stereocenters. The van der Waals surface area contributed by atoms with Crippen LogP contribution in [0.3, 0.4) is 0 Å². The maximum atomic E-state index is 12.6. The normalized spacial score (nSPS) is 11.8. The molecule has 8 nitrogen and oxygen atoms in total. The molecule has 0 fully saturated rings. The van der Waals surface area contributed by atoms with Crippen LogP contribution in [0.4, 0.5) is 4.79 Å². The van der Waals surface area contributed by atoms with E-state index in [9.17, 15) is 14.7 Å². The van der Waals surface area contributed by atoms with Gasteiger partial charge in [0, 0.05) is 29.6 Å². The third kappa shape index (κ3) is 12.0. The molecule has 0 spiro atoms. The second-order valence-corrected chi connectivity index (χ2v) is 9.64. The summed E-state index contributed by atoms with van der Waals surface area (Å²) in [6.45, 7) is 7.81. The van der Waals surface area contributed by atoms with E-state index in [0.717, 1.165) is 11.1 Å². The van der Waals surface area contributed by atoms with E-state index in [1.54, 1.807) is 54.3 Å². The highest BCUT2D eigenvalue weighted by molar-refractivity contribution is 6.34. The SMILES string of the molecule is CCOC(Cc1ccc(OCCN(CCOCc2cc(Cl)cc(Cl)c2)C(=O)OCC(C)C)cc1)C(=O)O. The number of carboxylic acids is 1. The number of carbonyl (C=O) groups is 2. The smallest absolute Gasteiger partial charge is 0.409 e. The van der Waals surface area contributed by atoms with Crippen LogP contribution in [0.25, 0.3) is 0 Å². The zero-order valence-corrected chi connectivity index (χ0v) is 23.0. The summed E-state index contributed by atoms with van der Waals surface area (Å²) in [6.07, 6.45) is -1.06. The Labute approximate surface area is 228 Å². The molecule has 0 aliphatic carbocycles. The van der Waals surface area contributed by atoms with Gasteiger partial charge in [-0.25, -0.2) is 9.59 Å². The highest BCUT2D eigenvalue weighted by Crippen LogP contribution is 2.19. The van der Waals surface area contributed by atoms with Crippen molar-refractivity contribution in [2.75, 3.05) is 39.5 Å². The number of aliphatic carboxylic acids is 1. The molecule has 0 saturated heterocycles. The van der Waals surface area contributed by atoms with Gasteiger partial charge in [-0.15, -0.1) is 0 Å². The molecule has 0 bridgehead atoms. The number of halogens is 2. The van der Waals surface area contributed by atoms with E-state index in [-0.39, 0.29) is 18.9 Å². The molecule has 0 radical (unpaired) electrons. The van der Waals surface area contributed by atoms with E-state index in [1.807, 2.05) is 13.8 Å². The van der Waals surface area contributed by atoms with E-state index in [2.05, 4.69) is 0 Å². The Hall–Kier alpha value is -2.52. The Bertz CT molecular complexity index is 965. The molecule has 204 valence electrons. The lowest BCUT2D eigenvalue weighted by atomic mass is 10.1. The predicted octanol–water partition coefficient (Wildman–Crippen LogP) is 5.72. The van der Waals surface area contributed by atoms with Gasteiger partial charge in [-0.2, -0.15) is 0 Å². The van der Waals surface area contributed by atoms with Crippen LogP contribution in [-0.4, -0.2) is 67.7 Å². The zero-order chi connectivity index (χ0) is 27.2. The average Bonchev–Trinajstić information content (AvgIpc) is 2.84. The molecular weight excluding hydrogens is 521 g/mol. The fourth-order valence-electron chi connectivity index (χ4n) is 3.31. The minimum absolute atomic E-state index is 0.216. The fraction of sp³-hybridized carbons (Fsp3) is 0.481. The van der Waals surface area contributed by atoms with Crippen molar-refractivity contribution in [3.05, 3.63) is 63.6 Å². The van der Waals surface area contributed by atoms with Gasteiger partial charge in [0.05, 0.1) is 26.4 Å². The van der Waals surface area contributed by atoms with Crippen molar-refractivity contribution in [1.82, 2.24) is 4.90 Å². The zero-order valence-electron chi connectivity index (χ0n) is 21.5. The Morgan fingerprint density at radius 2 is 1.62 bits per heavy atom. The van der Waals surface area contributed by atoms with Gasteiger partial charge in [-0.1, -0.05) is 49.2 Å². The average molecular weight is 556 g/mol. The first-order valence-corrected chi connectivity index (χ1v) is 12.9. The Balaban J connectivity index is 1.86. The fourth-order valence-corrected chi connectivity index (χ4v) is 3.88. The monoisotopic (exact) mass is 555 g/mol. The summed E-state index contributed by atoms with van der Waals surface area (Å²) in [4.78, 5) is 25.4. The van der Waals surface area contributed by atoms with Gasteiger partial charge in [0.2, 0.25) is 0 Å². The third-order valence-corrected chi connectivity index (χ3v) is 5.55. The maximum Gasteiger partial charge on any atom is 0.409 e. The molecule has 0 aromatic heterocycles. The van der Waals surface area contributed by atoms with E-state index >= 15 is 0 Å². The molecule has 1 amide bonds. The van der Waals surface area contributed by atoms with E-state index in [1.165, 1.54) is 0 Å². The van der Waals surface area contributed by atoms with Gasteiger partial charge in [0.15, 0.2) is 6.10 Å². The molecule has 0 aliphatic rings. The van der Waals surface area contributed by atoms with Crippen LogP contribution in [0.5, 0.6) is 5.75 Å². The second-order valence-electron chi connectivity index (χ2n) is 8.77. The van der Waals surface area contributed by atoms with E-state index < -0.39 is 18.2 Å². The van der Waals surface area contributed by atoms with Crippen molar-refractivity contribution in [3.8, 4) is 5.75 Å². The standard InChI is InChI=1S/C27H35Cl2NO7/c1-4-35-25(26(31)32)15-20-5-7-24(8-6-20)36-12-10-30(27(33)37-17-19(2)3)9-11-34-18-21-13-22(28)16-23(29)14-21/h5-8,13-14,16,19,25H,4,9-12,15,17-18H2,1-3H3,(H,31,32). The molecule has 0 saturated carbocycles.